The summed E-state index contributed by atoms with van der Waals surface area (Å²) in [5, 5.41) is 1.46. The second kappa shape index (κ2) is 7.10. The van der Waals surface area contributed by atoms with Crippen molar-refractivity contribution in [1.29, 1.82) is 0 Å². The minimum atomic E-state index is -1.61. The third kappa shape index (κ3) is 3.68. The van der Waals surface area contributed by atoms with Crippen LogP contribution in [0.15, 0.2) is 68.8 Å². The highest BCUT2D eigenvalue weighted by Crippen LogP contribution is 2.23. The molecule has 1 aromatic rings. The highest BCUT2D eigenvalue weighted by molar-refractivity contribution is 6.92. The molecule has 0 aliphatic rings. The molecule has 0 N–H and O–H groups in total. The first-order chi connectivity index (χ1) is 9.09. The quantitative estimate of drug-likeness (QED) is 0.463. The number of benzene rings is 1. The Labute approximate surface area is 118 Å². The van der Waals surface area contributed by atoms with Crippen LogP contribution < -0.4 is 5.19 Å². The van der Waals surface area contributed by atoms with Crippen molar-refractivity contribution in [2.45, 2.75) is 25.1 Å². The fourth-order valence-electron chi connectivity index (χ4n) is 2.54. The normalized spacial score (nSPS) is 10.8. The first-order valence-corrected chi connectivity index (χ1v) is 9.31. The molecule has 19 heavy (non-hydrogen) atoms. The molecule has 0 saturated carbocycles. The highest BCUT2D eigenvalue weighted by Gasteiger charge is 2.30. The average molecular weight is 268 g/mol. The van der Waals surface area contributed by atoms with Crippen molar-refractivity contribution < 1.29 is 0 Å². The fourth-order valence-corrected chi connectivity index (χ4v) is 6.28. The number of hydrogen-bond acceptors (Lipinski definition) is 0. The maximum atomic E-state index is 3.99. The number of allylic oxidation sites excluding steroid dienone is 4. The molecule has 1 aromatic carbocycles. The lowest BCUT2D eigenvalue weighted by Crippen LogP contribution is -2.46. The summed E-state index contributed by atoms with van der Waals surface area (Å²) in [5.41, 5.74) is 2.32. The molecule has 100 valence electrons. The predicted molar refractivity (Wildman–Crippen MR) is 91.6 cm³/mol. The lowest BCUT2D eigenvalue weighted by atomic mass is 10.1. The van der Waals surface area contributed by atoms with E-state index in [2.05, 4.69) is 50.6 Å². The molecule has 0 bridgehead atoms. The van der Waals surface area contributed by atoms with E-state index < -0.39 is 8.07 Å². The Bertz CT molecular complexity index is 438. The molecule has 0 atom stereocenters. The Morgan fingerprint density at radius 1 is 0.947 bits per heavy atom. The summed E-state index contributed by atoms with van der Waals surface area (Å²) < 4.78 is 0. The minimum Gasteiger partial charge on any atom is -0.103 e. The van der Waals surface area contributed by atoms with Crippen LogP contribution in [0.1, 0.15) is 12.5 Å². The van der Waals surface area contributed by atoms with Crippen LogP contribution in [0.4, 0.5) is 0 Å². The van der Waals surface area contributed by atoms with Gasteiger partial charge in [0.2, 0.25) is 0 Å². The van der Waals surface area contributed by atoms with E-state index in [-0.39, 0.29) is 0 Å². The summed E-state index contributed by atoms with van der Waals surface area (Å²) in [4.78, 5) is 0. The Hall–Kier alpha value is -1.60. The molecule has 0 saturated heterocycles. The van der Waals surface area contributed by atoms with Crippen LogP contribution in [-0.2, 0) is 0 Å². The van der Waals surface area contributed by atoms with E-state index in [4.69, 9.17) is 0 Å². The van der Waals surface area contributed by atoms with E-state index in [1.54, 1.807) is 0 Å². The van der Waals surface area contributed by atoms with Gasteiger partial charge in [0.1, 0.15) is 0 Å². The van der Waals surface area contributed by atoms with Gasteiger partial charge in [-0.1, -0.05) is 59.8 Å². The summed E-state index contributed by atoms with van der Waals surface area (Å²) in [6.07, 6.45) is 6.14. The maximum absolute atomic E-state index is 3.99. The molecule has 0 unspecified atom stereocenters. The Kier molecular flexibility index (Phi) is 5.78. The number of rotatable bonds is 8. The van der Waals surface area contributed by atoms with E-state index in [0.29, 0.717) is 0 Å². The van der Waals surface area contributed by atoms with Gasteiger partial charge in [-0.2, -0.15) is 0 Å². The third-order valence-electron chi connectivity index (χ3n) is 3.60. The lowest BCUT2D eigenvalue weighted by Gasteiger charge is -2.29. The summed E-state index contributed by atoms with van der Waals surface area (Å²) in [6.45, 7) is 17.8. The Balaban J connectivity index is 3.21. The maximum Gasteiger partial charge on any atom is 0.0977 e. The van der Waals surface area contributed by atoms with Crippen LogP contribution in [0.3, 0.4) is 0 Å². The van der Waals surface area contributed by atoms with Crippen LogP contribution in [0.25, 0.3) is 5.57 Å². The molecule has 0 radical (unpaired) electrons. The zero-order valence-corrected chi connectivity index (χ0v) is 13.0. The van der Waals surface area contributed by atoms with E-state index >= 15 is 0 Å². The van der Waals surface area contributed by atoms with Gasteiger partial charge in [0.15, 0.2) is 0 Å². The van der Waals surface area contributed by atoms with Gasteiger partial charge >= 0.3 is 0 Å². The lowest BCUT2D eigenvalue weighted by molar-refractivity contribution is 1.38. The molecule has 1 rings (SSSR count). The van der Waals surface area contributed by atoms with Crippen LogP contribution in [-0.4, -0.2) is 8.07 Å². The molecule has 0 aliphatic carbocycles. The molecule has 0 heterocycles. The van der Waals surface area contributed by atoms with Crippen LogP contribution in [0.5, 0.6) is 0 Å². The summed E-state index contributed by atoms with van der Waals surface area (Å²) in [6, 6.07) is 12.1. The zero-order valence-electron chi connectivity index (χ0n) is 12.0. The topological polar surface area (TPSA) is 0 Å². The fraction of sp³-hybridized carbons (Fsp3) is 0.222. The summed E-state index contributed by atoms with van der Waals surface area (Å²) in [5.74, 6) is 0. The van der Waals surface area contributed by atoms with Gasteiger partial charge in [0.25, 0.3) is 0 Å². The van der Waals surface area contributed by atoms with Crippen molar-refractivity contribution in [1.82, 2.24) is 0 Å². The molecule has 0 aromatic heterocycles. The molecule has 0 fully saturated rings. The van der Waals surface area contributed by atoms with Gasteiger partial charge in [-0.15, -0.1) is 19.7 Å². The first-order valence-electron chi connectivity index (χ1n) is 6.69. The molecule has 0 aliphatic heterocycles. The summed E-state index contributed by atoms with van der Waals surface area (Å²) in [7, 11) is -1.61. The van der Waals surface area contributed by atoms with Crippen molar-refractivity contribution in [2.24, 2.45) is 0 Å². The first kappa shape index (κ1) is 15.5. The van der Waals surface area contributed by atoms with Crippen molar-refractivity contribution in [3.05, 3.63) is 74.4 Å². The van der Waals surface area contributed by atoms with Crippen molar-refractivity contribution in [3.63, 3.8) is 0 Å². The molecule has 1 heteroatoms. The monoisotopic (exact) mass is 268 g/mol. The highest BCUT2D eigenvalue weighted by atomic mass is 28.3. The van der Waals surface area contributed by atoms with Crippen LogP contribution >= 0.6 is 0 Å². The van der Waals surface area contributed by atoms with Crippen molar-refractivity contribution >= 4 is 18.8 Å². The van der Waals surface area contributed by atoms with E-state index in [0.717, 1.165) is 23.7 Å². The second-order valence-corrected chi connectivity index (χ2v) is 9.48. The van der Waals surface area contributed by atoms with Gasteiger partial charge in [0, 0.05) is 0 Å². The second-order valence-electron chi connectivity index (χ2n) is 5.12. The SMILES string of the molecule is C=CC[Si](CC=C)(CC=C)c1ccc(C(=C)C)cc1. The molecule has 0 spiro atoms. The average Bonchev–Trinajstić information content (AvgIpc) is 2.39. The molecule has 0 amide bonds. The van der Waals surface area contributed by atoms with E-state index in [1.807, 2.05) is 25.2 Å². The zero-order chi connectivity index (χ0) is 14.3. The summed E-state index contributed by atoms with van der Waals surface area (Å²) >= 11 is 0. The van der Waals surface area contributed by atoms with Gasteiger partial charge in [-0.05, 0) is 30.6 Å². The Morgan fingerprint density at radius 3 is 1.68 bits per heavy atom. The molecular weight excluding hydrogens is 244 g/mol. The van der Waals surface area contributed by atoms with E-state index in [9.17, 15) is 0 Å². The minimum absolute atomic E-state index is 1.07. The smallest absolute Gasteiger partial charge is 0.0977 e. The van der Waals surface area contributed by atoms with Gasteiger partial charge in [-0.25, -0.2) is 0 Å². The third-order valence-corrected chi connectivity index (χ3v) is 8.36. The molecular formula is C18H24Si. The van der Waals surface area contributed by atoms with Crippen LogP contribution in [0.2, 0.25) is 18.1 Å². The van der Waals surface area contributed by atoms with E-state index in [1.165, 1.54) is 10.8 Å². The van der Waals surface area contributed by atoms with Crippen molar-refractivity contribution in [2.75, 3.05) is 0 Å². The van der Waals surface area contributed by atoms with Gasteiger partial charge in [0.05, 0.1) is 8.07 Å². The van der Waals surface area contributed by atoms with Gasteiger partial charge < -0.3 is 0 Å². The van der Waals surface area contributed by atoms with Gasteiger partial charge in [-0.3, -0.25) is 0 Å². The number of hydrogen-bond donors (Lipinski definition) is 0. The Morgan fingerprint density at radius 2 is 1.37 bits per heavy atom. The van der Waals surface area contributed by atoms with Crippen molar-refractivity contribution in [3.8, 4) is 0 Å². The molecule has 0 nitrogen and oxygen atoms in total. The van der Waals surface area contributed by atoms with Crippen LogP contribution in [0, 0.1) is 0 Å². The standard InChI is InChI=1S/C18H24Si/c1-6-13-19(14-7-2,15-8-3)18-11-9-17(10-12-18)16(4)5/h6-12H,1-4,13-15H2,5H3. The largest absolute Gasteiger partial charge is 0.103 e. The predicted octanol–water partition coefficient (Wildman–Crippen LogP) is 4.93.